The molecule has 0 saturated heterocycles. The monoisotopic (exact) mass is 484 g/mol. The second-order valence-electron chi connectivity index (χ2n) is 9.54. The van der Waals surface area contributed by atoms with E-state index >= 15 is 0 Å². The van der Waals surface area contributed by atoms with E-state index in [9.17, 15) is 0 Å². The van der Waals surface area contributed by atoms with E-state index in [-0.39, 0.29) is 0 Å². The maximum Gasteiger partial charge on any atom is 0.0410 e. The predicted octanol–water partition coefficient (Wildman–Crippen LogP) is 9.50. The van der Waals surface area contributed by atoms with Gasteiger partial charge in [-0.1, -0.05) is 90.0 Å². The van der Waals surface area contributed by atoms with Crippen LogP contribution >= 0.6 is 0 Å². The molecule has 5 aromatic carbocycles. The number of hydrogen-bond acceptors (Lipinski definition) is 2. The van der Waals surface area contributed by atoms with Gasteiger partial charge in [0.25, 0.3) is 0 Å². The molecule has 0 heterocycles. The molecule has 0 radical (unpaired) electrons. The molecule has 186 valence electrons. The SMILES string of the molecule is Cc1ccc(N(C)c2ccc(-c3ccccc3)cc2)cc1.Cc1ccc(N(C)c2cccc(C)c2)cc1. The van der Waals surface area contributed by atoms with Crippen LogP contribution in [0.1, 0.15) is 16.7 Å². The minimum absolute atomic E-state index is 1.19. The lowest BCUT2D eigenvalue weighted by Gasteiger charge is -2.20. The van der Waals surface area contributed by atoms with Crippen molar-refractivity contribution >= 4 is 22.7 Å². The van der Waals surface area contributed by atoms with Gasteiger partial charge in [-0.3, -0.25) is 0 Å². The summed E-state index contributed by atoms with van der Waals surface area (Å²) in [5, 5.41) is 0. The fourth-order valence-corrected chi connectivity index (χ4v) is 4.18. The van der Waals surface area contributed by atoms with Crippen LogP contribution in [0.15, 0.2) is 127 Å². The Labute approximate surface area is 222 Å². The van der Waals surface area contributed by atoms with E-state index in [1.54, 1.807) is 0 Å². The molecule has 0 saturated carbocycles. The third kappa shape index (κ3) is 6.89. The number of rotatable bonds is 5. The quantitative estimate of drug-likeness (QED) is 0.245. The molecule has 0 amide bonds. The summed E-state index contributed by atoms with van der Waals surface area (Å²) in [5.74, 6) is 0. The maximum atomic E-state index is 2.20. The lowest BCUT2D eigenvalue weighted by Crippen LogP contribution is -2.09. The van der Waals surface area contributed by atoms with Gasteiger partial charge in [0.1, 0.15) is 0 Å². The van der Waals surface area contributed by atoms with Gasteiger partial charge in [-0.25, -0.2) is 0 Å². The van der Waals surface area contributed by atoms with Crippen LogP contribution in [0.3, 0.4) is 0 Å². The summed E-state index contributed by atoms with van der Waals surface area (Å²) in [5.41, 5.74) is 11.2. The molecule has 0 spiro atoms. The summed E-state index contributed by atoms with van der Waals surface area (Å²) in [7, 11) is 4.20. The van der Waals surface area contributed by atoms with Gasteiger partial charge in [-0.15, -0.1) is 0 Å². The van der Waals surface area contributed by atoms with Crippen molar-refractivity contribution in [3.8, 4) is 11.1 Å². The van der Waals surface area contributed by atoms with Crippen LogP contribution < -0.4 is 9.80 Å². The van der Waals surface area contributed by atoms with Gasteiger partial charge in [-0.05, 0) is 86.0 Å². The zero-order valence-corrected chi connectivity index (χ0v) is 22.5. The fourth-order valence-electron chi connectivity index (χ4n) is 4.18. The highest BCUT2D eigenvalue weighted by molar-refractivity contribution is 5.69. The average molecular weight is 485 g/mol. The van der Waals surface area contributed by atoms with Crippen LogP contribution in [0, 0.1) is 20.8 Å². The van der Waals surface area contributed by atoms with Crippen molar-refractivity contribution in [3.05, 3.63) is 144 Å². The second-order valence-corrected chi connectivity index (χ2v) is 9.54. The van der Waals surface area contributed by atoms with Crippen LogP contribution in [0.5, 0.6) is 0 Å². The highest BCUT2D eigenvalue weighted by Gasteiger charge is 2.05. The van der Waals surface area contributed by atoms with Crippen LogP contribution in [-0.2, 0) is 0 Å². The molecular weight excluding hydrogens is 448 g/mol. The van der Waals surface area contributed by atoms with E-state index in [0.717, 1.165) is 0 Å². The highest BCUT2D eigenvalue weighted by atomic mass is 15.1. The lowest BCUT2D eigenvalue weighted by molar-refractivity contribution is 1.20. The zero-order valence-electron chi connectivity index (χ0n) is 22.5. The Kier molecular flexibility index (Phi) is 8.43. The molecule has 5 rings (SSSR count). The number of aryl methyl sites for hydroxylation is 3. The molecular formula is C35H36N2. The Bertz CT molecular complexity index is 1390. The molecule has 0 aliphatic rings. The van der Waals surface area contributed by atoms with Gasteiger partial charge < -0.3 is 9.80 Å². The first-order valence-electron chi connectivity index (χ1n) is 12.7. The normalized spacial score (nSPS) is 10.3. The molecule has 0 bridgehead atoms. The molecule has 2 nitrogen and oxygen atoms in total. The summed E-state index contributed by atoms with van der Waals surface area (Å²) in [6, 6.07) is 44.9. The van der Waals surface area contributed by atoms with Gasteiger partial charge >= 0.3 is 0 Å². The highest BCUT2D eigenvalue weighted by Crippen LogP contribution is 2.27. The molecule has 37 heavy (non-hydrogen) atoms. The summed E-state index contributed by atoms with van der Waals surface area (Å²) in [6.45, 7) is 6.33. The summed E-state index contributed by atoms with van der Waals surface area (Å²) < 4.78 is 0. The Morgan fingerprint density at radius 2 is 0.784 bits per heavy atom. The minimum Gasteiger partial charge on any atom is -0.345 e. The van der Waals surface area contributed by atoms with E-state index < -0.39 is 0 Å². The van der Waals surface area contributed by atoms with Crippen molar-refractivity contribution < 1.29 is 0 Å². The molecule has 0 N–H and O–H groups in total. The van der Waals surface area contributed by atoms with Crippen molar-refractivity contribution in [1.29, 1.82) is 0 Å². The first-order valence-corrected chi connectivity index (χ1v) is 12.7. The van der Waals surface area contributed by atoms with E-state index in [2.05, 4.69) is 166 Å². The van der Waals surface area contributed by atoms with Crippen LogP contribution in [0.25, 0.3) is 11.1 Å². The molecule has 0 atom stereocenters. The first-order chi connectivity index (χ1) is 17.9. The van der Waals surface area contributed by atoms with E-state index in [4.69, 9.17) is 0 Å². The summed E-state index contributed by atoms with van der Waals surface area (Å²) in [6.07, 6.45) is 0. The molecule has 0 aromatic heterocycles. The summed E-state index contributed by atoms with van der Waals surface area (Å²) >= 11 is 0. The first kappa shape index (κ1) is 25.8. The van der Waals surface area contributed by atoms with Crippen molar-refractivity contribution in [2.24, 2.45) is 0 Å². The topological polar surface area (TPSA) is 6.48 Å². The van der Waals surface area contributed by atoms with E-state index in [0.29, 0.717) is 0 Å². The Morgan fingerprint density at radius 3 is 1.27 bits per heavy atom. The van der Waals surface area contributed by atoms with Crippen molar-refractivity contribution in [2.45, 2.75) is 20.8 Å². The predicted molar refractivity (Wildman–Crippen MR) is 162 cm³/mol. The number of anilines is 4. The largest absolute Gasteiger partial charge is 0.345 e. The minimum atomic E-state index is 1.19. The average Bonchev–Trinajstić information content (AvgIpc) is 2.94. The molecule has 0 aliphatic heterocycles. The molecule has 0 fully saturated rings. The fraction of sp³-hybridized carbons (Fsp3) is 0.143. The second kappa shape index (κ2) is 12.1. The maximum absolute atomic E-state index is 2.20. The van der Waals surface area contributed by atoms with Gasteiger partial charge in [-0.2, -0.15) is 0 Å². The third-order valence-corrected chi connectivity index (χ3v) is 6.59. The molecule has 0 aliphatic carbocycles. The van der Waals surface area contributed by atoms with Crippen LogP contribution in [0.4, 0.5) is 22.7 Å². The number of nitrogens with zero attached hydrogens (tertiary/aromatic N) is 2. The van der Waals surface area contributed by atoms with Crippen molar-refractivity contribution in [2.75, 3.05) is 23.9 Å². The van der Waals surface area contributed by atoms with Crippen molar-refractivity contribution in [1.82, 2.24) is 0 Å². The Balaban J connectivity index is 0.000000180. The smallest absolute Gasteiger partial charge is 0.0410 e. The van der Waals surface area contributed by atoms with Crippen LogP contribution in [0.2, 0.25) is 0 Å². The summed E-state index contributed by atoms with van der Waals surface area (Å²) in [4.78, 5) is 4.40. The van der Waals surface area contributed by atoms with Gasteiger partial charge in [0.2, 0.25) is 0 Å². The van der Waals surface area contributed by atoms with E-state index in [1.165, 1.54) is 50.6 Å². The van der Waals surface area contributed by atoms with Gasteiger partial charge in [0, 0.05) is 36.8 Å². The molecule has 0 unspecified atom stereocenters. The number of benzene rings is 5. The van der Waals surface area contributed by atoms with Gasteiger partial charge in [0.15, 0.2) is 0 Å². The lowest BCUT2D eigenvalue weighted by atomic mass is 10.1. The molecule has 5 aromatic rings. The standard InChI is InChI=1S/C20H19N.C15H17N/c1-16-8-12-19(13-9-16)21(2)20-14-10-18(11-15-20)17-6-4-3-5-7-17;1-12-7-9-14(10-8-12)16(3)15-6-4-5-13(2)11-15/h3-15H,1-2H3;4-11H,1-3H3. The van der Waals surface area contributed by atoms with Crippen molar-refractivity contribution in [3.63, 3.8) is 0 Å². The Hall–Kier alpha value is -4.30. The van der Waals surface area contributed by atoms with Crippen LogP contribution in [-0.4, -0.2) is 14.1 Å². The molecule has 2 heteroatoms. The zero-order chi connectivity index (χ0) is 26.2. The van der Waals surface area contributed by atoms with E-state index in [1.807, 2.05) is 6.07 Å². The Morgan fingerprint density at radius 1 is 0.351 bits per heavy atom. The van der Waals surface area contributed by atoms with Gasteiger partial charge in [0.05, 0.1) is 0 Å². The third-order valence-electron chi connectivity index (χ3n) is 6.59. The number of hydrogen-bond donors (Lipinski definition) is 0.